The highest BCUT2D eigenvalue weighted by molar-refractivity contribution is 7.89. The van der Waals surface area contributed by atoms with Crippen LogP contribution in [0.1, 0.15) is 16.1 Å². The third-order valence-electron chi connectivity index (χ3n) is 5.23. The fourth-order valence-electron chi connectivity index (χ4n) is 3.64. The first-order valence-electron chi connectivity index (χ1n) is 9.40. The van der Waals surface area contributed by atoms with E-state index in [1.165, 1.54) is 13.9 Å². The maximum Gasteiger partial charge on any atom is 0.274 e. The molecule has 0 spiro atoms. The molecule has 4 rings (SSSR count). The predicted molar refractivity (Wildman–Crippen MR) is 112 cm³/mol. The van der Waals surface area contributed by atoms with Crippen LogP contribution in [0.2, 0.25) is 5.02 Å². The SMILES string of the molecule is Cc1cc(C(=O)N2CCN(S(=O)(=O)c3ccc(F)c(Cl)c3)CC2)c2c(=O)[nH]n(C)c2n1. The Morgan fingerprint density at radius 2 is 1.87 bits per heavy atom. The van der Waals surface area contributed by atoms with Crippen molar-refractivity contribution in [3.63, 3.8) is 0 Å². The highest BCUT2D eigenvalue weighted by Crippen LogP contribution is 2.24. The Balaban J connectivity index is 1.57. The molecule has 1 N–H and O–H groups in total. The molecule has 0 radical (unpaired) electrons. The van der Waals surface area contributed by atoms with Crippen molar-refractivity contribution in [2.75, 3.05) is 26.2 Å². The molecule has 3 aromatic rings. The smallest absolute Gasteiger partial charge is 0.274 e. The summed E-state index contributed by atoms with van der Waals surface area (Å²) in [6, 6.07) is 4.79. The van der Waals surface area contributed by atoms with Crippen LogP contribution in [0.3, 0.4) is 0 Å². The minimum absolute atomic E-state index is 0.0570. The van der Waals surface area contributed by atoms with Crippen molar-refractivity contribution in [3.8, 4) is 0 Å². The van der Waals surface area contributed by atoms with E-state index < -0.39 is 21.4 Å². The number of carbonyl (C=O) groups is 1. The number of fused-ring (bicyclic) bond motifs is 1. The van der Waals surface area contributed by atoms with Crippen molar-refractivity contribution < 1.29 is 17.6 Å². The van der Waals surface area contributed by atoms with E-state index in [0.717, 1.165) is 18.2 Å². The summed E-state index contributed by atoms with van der Waals surface area (Å²) in [4.78, 5) is 31.1. The minimum atomic E-state index is -3.88. The lowest BCUT2D eigenvalue weighted by Crippen LogP contribution is -2.50. The fraction of sp³-hybridized carbons (Fsp3) is 0.316. The number of aryl methyl sites for hydroxylation is 2. The van der Waals surface area contributed by atoms with Crippen LogP contribution in [0.25, 0.3) is 11.0 Å². The number of sulfonamides is 1. The molecule has 0 bridgehead atoms. The number of H-pyrrole nitrogens is 1. The van der Waals surface area contributed by atoms with Crippen LogP contribution in [-0.2, 0) is 17.1 Å². The Hall–Kier alpha value is -2.76. The standard InChI is InChI=1S/C19H19ClFN5O4S/c1-11-9-13(16-17(22-11)24(2)23-18(16)27)19(28)25-5-7-26(8-6-25)31(29,30)12-3-4-15(21)14(20)10-12/h3-4,9-10H,5-8H2,1-2H3,(H,23,27). The number of aromatic amines is 1. The van der Waals surface area contributed by atoms with Gasteiger partial charge in [0.2, 0.25) is 10.0 Å². The van der Waals surface area contributed by atoms with Gasteiger partial charge in [-0.3, -0.25) is 19.4 Å². The Bertz CT molecular complexity index is 1360. The van der Waals surface area contributed by atoms with Crippen molar-refractivity contribution >= 4 is 38.6 Å². The number of hydrogen-bond acceptors (Lipinski definition) is 5. The third-order valence-corrected chi connectivity index (χ3v) is 7.41. The zero-order chi connectivity index (χ0) is 22.5. The molecule has 3 heterocycles. The molecular formula is C19H19ClFN5O4S. The highest BCUT2D eigenvalue weighted by Gasteiger charge is 2.32. The summed E-state index contributed by atoms with van der Waals surface area (Å²) in [6.45, 7) is 2.12. The molecule has 0 atom stereocenters. The number of benzene rings is 1. The number of halogens is 2. The summed E-state index contributed by atoms with van der Waals surface area (Å²) < 4.78 is 41.8. The lowest BCUT2D eigenvalue weighted by atomic mass is 10.1. The van der Waals surface area contributed by atoms with Crippen LogP contribution >= 0.6 is 11.6 Å². The van der Waals surface area contributed by atoms with Crippen molar-refractivity contribution in [2.45, 2.75) is 11.8 Å². The van der Waals surface area contributed by atoms with E-state index in [-0.39, 0.29) is 53.0 Å². The summed E-state index contributed by atoms with van der Waals surface area (Å²) in [7, 11) is -2.25. The van der Waals surface area contributed by atoms with Crippen molar-refractivity contribution in [1.82, 2.24) is 24.0 Å². The zero-order valence-electron chi connectivity index (χ0n) is 16.7. The summed E-state index contributed by atoms with van der Waals surface area (Å²) >= 11 is 5.72. The van der Waals surface area contributed by atoms with E-state index in [0.29, 0.717) is 11.3 Å². The molecule has 1 aliphatic heterocycles. The molecule has 9 nitrogen and oxygen atoms in total. The lowest BCUT2D eigenvalue weighted by Gasteiger charge is -2.34. The molecular weight excluding hydrogens is 449 g/mol. The summed E-state index contributed by atoms with van der Waals surface area (Å²) in [5, 5.41) is 2.52. The largest absolute Gasteiger partial charge is 0.336 e. The van der Waals surface area contributed by atoms with Crippen LogP contribution in [0.4, 0.5) is 4.39 Å². The normalized spacial score (nSPS) is 15.5. The van der Waals surface area contributed by atoms with E-state index in [9.17, 15) is 22.4 Å². The first-order chi connectivity index (χ1) is 14.6. The molecule has 1 aliphatic rings. The van der Waals surface area contributed by atoms with Gasteiger partial charge in [0, 0.05) is 38.9 Å². The number of aromatic nitrogens is 3. The quantitative estimate of drug-likeness (QED) is 0.628. The number of rotatable bonds is 3. The maximum absolute atomic E-state index is 13.4. The summed E-state index contributed by atoms with van der Waals surface area (Å²) in [6.07, 6.45) is 0. The monoisotopic (exact) mass is 467 g/mol. The van der Waals surface area contributed by atoms with Crippen LogP contribution < -0.4 is 5.56 Å². The molecule has 1 fully saturated rings. The number of nitrogens with one attached hydrogen (secondary N) is 1. The summed E-state index contributed by atoms with van der Waals surface area (Å²) in [5.74, 6) is -1.07. The second-order valence-corrected chi connectivity index (χ2v) is 9.63. The van der Waals surface area contributed by atoms with Crippen molar-refractivity contribution in [2.24, 2.45) is 7.05 Å². The number of piperazine rings is 1. The maximum atomic E-state index is 13.4. The number of amides is 1. The van der Waals surface area contributed by atoms with Gasteiger partial charge in [0.1, 0.15) is 5.82 Å². The number of carbonyl (C=O) groups excluding carboxylic acids is 1. The number of nitrogens with zero attached hydrogens (tertiary/aromatic N) is 4. The molecule has 12 heteroatoms. The molecule has 1 aromatic carbocycles. The van der Waals surface area contributed by atoms with E-state index in [1.807, 2.05) is 0 Å². The fourth-order valence-corrected chi connectivity index (χ4v) is 5.34. The van der Waals surface area contributed by atoms with Gasteiger partial charge in [0.05, 0.1) is 20.9 Å². The van der Waals surface area contributed by atoms with Gasteiger partial charge < -0.3 is 4.90 Å². The lowest BCUT2D eigenvalue weighted by molar-refractivity contribution is 0.0699. The van der Waals surface area contributed by atoms with Gasteiger partial charge in [-0.05, 0) is 31.2 Å². The van der Waals surface area contributed by atoms with Gasteiger partial charge in [-0.2, -0.15) is 4.31 Å². The van der Waals surface area contributed by atoms with Crippen molar-refractivity contribution in [1.29, 1.82) is 0 Å². The molecule has 0 saturated carbocycles. The Morgan fingerprint density at radius 3 is 2.52 bits per heavy atom. The van der Waals surface area contributed by atoms with Gasteiger partial charge in [0.25, 0.3) is 11.5 Å². The topological polar surface area (TPSA) is 108 Å². The average molecular weight is 468 g/mol. The van der Waals surface area contributed by atoms with Gasteiger partial charge in [-0.15, -0.1) is 0 Å². The highest BCUT2D eigenvalue weighted by atomic mass is 35.5. The first kappa shape index (κ1) is 21.5. The molecule has 1 amide bonds. The van der Waals surface area contributed by atoms with Crippen molar-refractivity contribution in [3.05, 3.63) is 56.7 Å². The van der Waals surface area contributed by atoms with Crippen LogP contribution in [0, 0.1) is 12.7 Å². The van der Waals surface area contributed by atoms with E-state index >= 15 is 0 Å². The molecule has 164 valence electrons. The Labute approximate surface area is 182 Å². The molecule has 0 unspecified atom stereocenters. The number of pyridine rings is 1. The second-order valence-electron chi connectivity index (χ2n) is 7.28. The average Bonchev–Trinajstić information content (AvgIpc) is 3.02. The molecule has 2 aromatic heterocycles. The summed E-state index contributed by atoms with van der Waals surface area (Å²) in [5.41, 5.74) is 0.774. The van der Waals surface area contributed by atoms with Gasteiger partial charge in [-0.1, -0.05) is 11.6 Å². The minimum Gasteiger partial charge on any atom is -0.336 e. The molecule has 0 aliphatic carbocycles. The van der Waals surface area contributed by atoms with E-state index in [4.69, 9.17) is 11.6 Å². The molecule has 1 saturated heterocycles. The van der Waals surface area contributed by atoms with E-state index in [2.05, 4.69) is 10.1 Å². The van der Waals surface area contributed by atoms with Crippen LogP contribution in [-0.4, -0.2) is 64.5 Å². The molecule has 31 heavy (non-hydrogen) atoms. The predicted octanol–water partition coefficient (Wildman–Crippen LogP) is 1.51. The van der Waals surface area contributed by atoms with Gasteiger partial charge in [-0.25, -0.2) is 17.8 Å². The Kier molecular flexibility index (Phi) is 5.36. The van der Waals surface area contributed by atoms with E-state index in [1.54, 1.807) is 20.0 Å². The number of hydrogen-bond donors (Lipinski definition) is 1. The second kappa shape index (κ2) is 7.74. The van der Waals surface area contributed by atoms with Gasteiger partial charge in [0.15, 0.2) is 5.65 Å². The zero-order valence-corrected chi connectivity index (χ0v) is 18.3. The van der Waals surface area contributed by atoms with Crippen LogP contribution in [0.15, 0.2) is 34.0 Å². The van der Waals surface area contributed by atoms with Crippen LogP contribution in [0.5, 0.6) is 0 Å². The third kappa shape index (κ3) is 3.73. The Morgan fingerprint density at radius 1 is 1.19 bits per heavy atom. The van der Waals surface area contributed by atoms with Gasteiger partial charge >= 0.3 is 0 Å². The first-order valence-corrected chi connectivity index (χ1v) is 11.2.